The number of carbonyl (C=O) groups is 1. The Morgan fingerprint density at radius 2 is 1.80 bits per heavy atom. The van der Waals surface area contributed by atoms with E-state index in [0.29, 0.717) is 6.42 Å². The summed E-state index contributed by atoms with van der Waals surface area (Å²) in [6.07, 6.45) is 4.29. The van der Waals surface area contributed by atoms with Gasteiger partial charge in [-0.05, 0) is 75.7 Å². The van der Waals surface area contributed by atoms with Crippen LogP contribution in [0.5, 0.6) is 0 Å². The molecule has 0 radical (unpaired) electrons. The van der Waals surface area contributed by atoms with Crippen molar-refractivity contribution < 1.29 is 9.90 Å². The number of aliphatic imine (C=N–C) groups is 1. The number of nitrogens with zero attached hydrogens (tertiary/aromatic N) is 3. The molecule has 2 aromatic carbocycles. The molecule has 5 nitrogen and oxygen atoms in total. The Balaban J connectivity index is 0.000000926. The van der Waals surface area contributed by atoms with Crippen LogP contribution in [0.25, 0.3) is 11.6 Å². The van der Waals surface area contributed by atoms with E-state index < -0.39 is 11.9 Å². The lowest BCUT2D eigenvalue weighted by Crippen LogP contribution is -2.15. The van der Waals surface area contributed by atoms with E-state index in [2.05, 4.69) is 57.3 Å². The lowest BCUT2D eigenvalue weighted by molar-refractivity contribution is -0.138. The number of benzene rings is 2. The summed E-state index contributed by atoms with van der Waals surface area (Å²) >= 11 is 0. The number of hydrogen-bond donors (Lipinski definition) is 1. The number of aryl methyl sites for hydroxylation is 3. The van der Waals surface area contributed by atoms with Crippen molar-refractivity contribution in [2.24, 2.45) is 4.99 Å². The Kier molecular flexibility index (Phi) is 12.7. The van der Waals surface area contributed by atoms with E-state index in [1.165, 1.54) is 11.1 Å². The molecule has 35 heavy (non-hydrogen) atoms. The summed E-state index contributed by atoms with van der Waals surface area (Å²) in [5, 5.41) is 14.5. The van der Waals surface area contributed by atoms with Gasteiger partial charge in [-0.1, -0.05) is 60.2 Å². The van der Waals surface area contributed by atoms with Gasteiger partial charge in [0.15, 0.2) is 0 Å². The smallest absolute Gasteiger partial charge is 0.311 e. The van der Waals surface area contributed by atoms with Gasteiger partial charge in [0.2, 0.25) is 0 Å². The second kappa shape index (κ2) is 15.2. The molecule has 1 N–H and O–H groups in total. The van der Waals surface area contributed by atoms with Crippen molar-refractivity contribution in [3.63, 3.8) is 0 Å². The van der Waals surface area contributed by atoms with Gasteiger partial charge >= 0.3 is 5.97 Å². The van der Waals surface area contributed by atoms with Crippen LogP contribution in [-0.4, -0.2) is 34.6 Å². The molecule has 1 heterocycles. The largest absolute Gasteiger partial charge is 0.481 e. The van der Waals surface area contributed by atoms with E-state index in [9.17, 15) is 9.90 Å². The standard InChI is InChI=1S/C25H28N2O2.C3H6.C2H5N/c1-5-27-24(19(4)14-20-11-7-6-10-18(20)3)16-22(26-27)15-23(25(28)29)21-12-8-9-17(2)13-21;2*1-3-2/h6-14,16,23H,5,15H2,1-4H3,(H,28,29);3H,1H2,2H3;1H2,2H3/b19-14+;;. The molecule has 0 amide bonds. The first-order valence-electron chi connectivity index (χ1n) is 11.7. The van der Waals surface area contributed by atoms with Crippen molar-refractivity contribution in [2.75, 3.05) is 7.05 Å². The maximum atomic E-state index is 11.9. The molecule has 0 fully saturated rings. The molecule has 1 unspecified atom stereocenters. The number of carboxylic acid groups (broad SMARTS) is 1. The van der Waals surface area contributed by atoms with Crippen LogP contribution in [0.1, 0.15) is 60.3 Å². The molecule has 1 atom stereocenters. The minimum absolute atomic E-state index is 0.371. The van der Waals surface area contributed by atoms with Gasteiger partial charge in [-0.15, -0.1) is 6.58 Å². The number of hydrogen-bond acceptors (Lipinski definition) is 3. The highest BCUT2D eigenvalue weighted by Crippen LogP contribution is 2.25. The van der Waals surface area contributed by atoms with Crippen molar-refractivity contribution in [1.29, 1.82) is 0 Å². The summed E-state index contributed by atoms with van der Waals surface area (Å²) in [6, 6.07) is 18.0. The molecule has 186 valence electrons. The highest BCUT2D eigenvalue weighted by atomic mass is 16.4. The SMILES string of the molecule is C=CC.C=NC.CCn1nc(CC(C(=O)O)c2cccc(C)c2)cc1/C(C)=C/c1ccccc1C. The van der Waals surface area contributed by atoms with Crippen LogP contribution in [0.4, 0.5) is 0 Å². The quantitative estimate of drug-likeness (QED) is 0.297. The Morgan fingerprint density at radius 3 is 2.34 bits per heavy atom. The molecule has 0 saturated heterocycles. The van der Waals surface area contributed by atoms with E-state index >= 15 is 0 Å². The van der Waals surface area contributed by atoms with Gasteiger partial charge in [-0.3, -0.25) is 9.48 Å². The van der Waals surface area contributed by atoms with Crippen LogP contribution in [0, 0.1) is 13.8 Å². The number of aliphatic carboxylic acids is 1. The third kappa shape index (κ3) is 9.20. The molecule has 0 aliphatic heterocycles. The van der Waals surface area contributed by atoms with Crippen LogP contribution in [0.15, 0.2) is 72.2 Å². The molecular weight excluding hydrogens is 434 g/mol. The predicted octanol–water partition coefficient (Wildman–Crippen LogP) is 7.00. The molecule has 1 aromatic heterocycles. The maximum Gasteiger partial charge on any atom is 0.311 e. The average molecular weight is 474 g/mol. The Bertz CT molecular complexity index is 1140. The predicted molar refractivity (Wildman–Crippen MR) is 149 cm³/mol. The van der Waals surface area contributed by atoms with Crippen LogP contribution < -0.4 is 0 Å². The second-order valence-electron chi connectivity index (χ2n) is 8.25. The monoisotopic (exact) mass is 473 g/mol. The van der Waals surface area contributed by atoms with Crippen molar-refractivity contribution >= 4 is 24.3 Å². The van der Waals surface area contributed by atoms with Gasteiger partial charge < -0.3 is 10.1 Å². The summed E-state index contributed by atoms with van der Waals surface area (Å²) in [4.78, 5) is 15.2. The zero-order valence-corrected chi connectivity index (χ0v) is 22.0. The van der Waals surface area contributed by atoms with Gasteiger partial charge in [0.05, 0.1) is 17.3 Å². The first kappa shape index (κ1) is 29.3. The van der Waals surface area contributed by atoms with E-state index in [1.54, 1.807) is 13.1 Å². The Labute approximate surface area is 210 Å². The van der Waals surface area contributed by atoms with E-state index in [-0.39, 0.29) is 0 Å². The van der Waals surface area contributed by atoms with Gasteiger partial charge in [0.25, 0.3) is 0 Å². The normalized spacial score (nSPS) is 11.3. The number of rotatable bonds is 7. The van der Waals surface area contributed by atoms with Crippen LogP contribution in [0.2, 0.25) is 0 Å². The van der Waals surface area contributed by atoms with Crippen molar-refractivity contribution in [3.05, 3.63) is 101 Å². The van der Waals surface area contributed by atoms with Crippen molar-refractivity contribution in [3.8, 4) is 0 Å². The molecule has 3 aromatic rings. The zero-order chi connectivity index (χ0) is 26.4. The molecule has 0 saturated carbocycles. The van der Waals surface area contributed by atoms with Crippen molar-refractivity contribution in [2.45, 2.75) is 53.5 Å². The summed E-state index contributed by atoms with van der Waals surface area (Å²) in [7, 11) is 1.64. The first-order chi connectivity index (χ1) is 16.7. The minimum atomic E-state index is -0.824. The minimum Gasteiger partial charge on any atom is -0.481 e. The molecule has 0 bridgehead atoms. The van der Waals surface area contributed by atoms with Crippen LogP contribution >= 0.6 is 0 Å². The van der Waals surface area contributed by atoms with Crippen LogP contribution in [0.3, 0.4) is 0 Å². The molecule has 5 heteroatoms. The maximum absolute atomic E-state index is 11.9. The summed E-state index contributed by atoms with van der Waals surface area (Å²) in [6.45, 7) is 17.3. The Hall–Kier alpha value is -3.73. The van der Waals surface area contributed by atoms with E-state index in [0.717, 1.165) is 34.6 Å². The van der Waals surface area contributed by atoms with E-state index in [1.807, 2.05) is 61.0 Å². The van der Waals surface area contributed by atoms with Crippen molar-refractivity contribution in [1.82, 2.24) is 9.78 Å². The molecular formula is C30H39N3O2. The second-order valence-corrected chi connectivity index (χ2v) is 8.25. The summed E-state index contributed by atoms with van der Waals surface area (Å²) in [5.41, 5.74) is 7.22. The zero-order valence-electron chi connectivity index (χ0n) is 22.0. The molecule has 0 aliphatic carbocycles. The lowest BCUT2D eigenvalue weighted by Gasteiger charge is -2.12. The number of allylic oxidation sites excluding steroid dienone is 2. The topological polar surface area (TPSA) is 67.5 Å². The van der Waals surface area contributed by atoms with Gasteiger partial charge in [-0.2, -0.15) is 5.10 Å². The third-order valence-electron chi connectivity index (χ3n) is 5.25. The Morgan fingerprint density at radius 1 is 1.17 bits per heavy atom. The fraction of sp³-hybridized carbons (Fsp3) is 0.300. The van der Waals surface area contributed by atoms with Crippen LogP contribution in [-0.2, 0) is 17.8 Å². The highest BCUT2D eigenvalue weighted by molar-refractivity contribution is 5.80. The van der Waals surface area contributed by atoms with Gasteiger partial charge in [0, 0.05) is 20.0 Å². The molecule has 3 rings (SSSR count). The summed E-state index contributed by atoms with van der Waals surface area (Å²) in [5.74, 6) is -1.43. The van der Waals surface area contributed by atoms with Gasteiger partial charge in [0.1, 0.15) is 0 Å². The lowest BCUT2D eigenvalue weighted by atomic mass is 9.93. The fourth-order valence-electron chi connectivity index (χ4n) is 3.63. The molecule has 0 spiro atoms. The first-order valence-corrected chi connectivity index (χ1v) is 11.7. The number of aromatic nitrogens is 2. The van der Waals surface area contributed by atoms with Gasteiger partial charge in [-0.25, -0.2) is 0 Å². The highest BCUT2D eigenvalue weighted by Gasteiger charge is 2.22. The number of carboxylic acids is 1. The average Bonchev–Trinajstić information content (AvgIpc) is 3.23. The third-order valence-corrected chi connectivity index (χ3v) is 5.25. The van der Waals surface area contributed by atoms with E-state index in [4.69, 9.17) is 5.10 Å². The molecule has 0 aliphatic rings. The fourth-order valence-corrected chi connectivity index (χ4v) is 3.63. The summed E-state index contributed by atoms with van der Waals surface area (Å²) < 4.78 is 1.95.